The summed E-state index contributed by atoms with van der Waals surface area (Å²) in [7, 11) is 0. The number of hydrogen-bond acceptors (Lipinski definition) is 3. The second-order valence-electron chi connectivity index (χ2n) is 3.84. The Morgan fingerprint density at radius 1 is 1.33 bits per heavy atom. The molecule has 1 aromatic heterocycles. The molecular weight excluding hydrogens is 255 g/mol. The molecule has 2 rings (SSSR count). The number of nitrogens with zero attached hydrogens (tertiary/aromatic N) is 1. The van der Waals surface area contributed by atoms with Gasteiger partial charge in [-0.1, -0.05) is 23.7 Å². The van der Waals surface area contributed by atoms with Crippen molar-refractivity contribution in [3.05, 3.63) is 52.9 Å². The third kappa shape index (κ3) is 2.60. The van der Waals surface area contributed by atoms with Gasteiger partial charge < -0.3 is 10.5 Å². The molecule has 2 N–H and O–H groups in total. The van der Waals surface area contributed by atoms with Gasteiger partial charge in [-0.15, -0.1) is 0 Å². The number of aromatic nitrogens is 1. The van der Waals surface area contributed by atoms with Crippen molar-refractivity contribution in [2.24, 2.45) is 5.73 Å². The van der Waals surface area contributed by atoms with Crippen molar-refractivity contribution in [2.45, 2.75) is 13.0 Å². The third-order valence-electron chi connectivity index (χ3n) is 2.41. The molecule has 18 heavy (non-hydrogen) atoms. The van der Waals surface area contributed by atoms with Gasteiger partial charge in [-0.25, -0.2) is 9.37 Å². The number of ether oxygens (including phenoxy) is 1. The quantitative estimate of drug-likeness (QED) is 0.922. The number of halogens is 2. The standard InChI is InChI=1S/C13H12ClFN2O/c1-8(16)9-4-3-7-17-13(9)18-11-6-2-5-10(14)12(11)15/h2-8H,16H2,1H3. The molecule has 0 aliphatic heterocycles. The minimum Gasteiger partial charge on any atom is -0.436 e. The van der Waals surface area contributed by atoms with Crippen LogP contribution in [-0.2, 0) is 0 Å². The van der Waals surface area contributed by atoms with E-state index in [0.717, 1.165) is 0 Å². The number of hydrogen-bond donors (Lipinski definition) is 1. The van der Waals surface area contributed by atoms with Crippen molar-refractivity contribution < 1.29 is 9.13 Å². The van der Waals surface area contributed by atoms with Crippen LogP contribution in [0.4, 0.5) is 4.39 Å². The Morgan fingerprint density at radius 3 is 2.83 bits per heavy atom. The van der Waals surface area contributed by atoms with Crippen LogP contribution in [0.3, 0.4) is 0 Å². The number of benzene rings is 1. The minimum absolute atomic E-state index is 0.00535. The topological polar surface area (TPSA) is 48.1 Å². The molecule has 0 amide bonds. The first-order valence-corrected chi connectivity index (χ1v) is 5.79. The molecule has 0 fully saturated rings. The van der Waals surface area contributed by atoms with Gasteiger partial charge in [0.15, 0.2) is 11.6 Å². The zero-order valence-corrected chi connectivity index (χ0v) is 10.5. The Hall–Kier alpha value is -1.65. The molecule has 0 bridgehead atoms. The van der Waals surface area contributed by atoms with Crippen molar-refractivity contribution in [1.29, 1.82) is 0 Å². The van der Waals surface area contributed by atoms with Crippen LogP contribution in [-0.4, -0.2) is 4.98 Å². The fraction of sp³-hybridized carbons (Fsp3) is 0.154. The molecule has 1 unspecified atom stereocenters. The highest BCUT2D eigenvalue weighted by Gasteiger charge is 2.13. The van der Waals surface area contributed by atoms with Crippen LogP contribution >= 0.6 is 11.6 Å². The van der Waals surface area contributed by atoms with Crippen LogP contribution in [0, 0.1) is 5.82 Å². The van der Waals surface area contributed by atoms with Crippen molar-refractivity contribution in [1.82, 2.24) is 4.98 Å². The zero-order valence-electron chi connectivity index (χ0n) is 9.73. The molecule has 3 nitrogen and oxygen atoms in total. The van der Waals surface area contributed by atoms with E-state index in [4.69, 9.17) is 22.1 Å². The lowest BCUT2D eigenvalue weighted by Crippen LogP contribution is -2.07. The van der Waals surface area contributed by atoms with E-state index in [1.807, 2.05) is 0 Å². The van der Waals surface area contributed by atoms with Gasteiger partial charge in [0.25, 0.3) is 0 Å². The molecule has 1 heterocycles. The molecule has 94 valence electrons. The molecule has 0 spiro atoms. The van der Waals surface area contributed by atoms with E-state index in [-0.39, 0.29) is 22.7 Å². The summed E-state index contributed by atoms with van der Waals surface area (Å²) in [5.74, 6) is -0.294. The zero-order chi connectivity index (χ0) is 13.1. The maximum absolute atomic E-state index is 13.7. The molecule has 1 aromatic carbocycles. The first-order chi connectivity index (χ1) is 8.59. The fourth-order valence-corrected chi connectivity index (χ4v) is 1.67. The third-order valence-corrected chi connectivity index (χ3v) is 2.71. The van der Waals surface area contributed by atoms with Gasteiger partial charge >= 0.3 is 0 Å². The molecule has 0 saturated carbocycles. The summed E-state index contributed by atoms with van der Waals surface area (Å²) >= 11 is 5.68. The highest BCUT2D eigenvalue weighted by atomic mass is 35.5. The Kier molecular flexibility index (Phi) is 3.79. The summed E-state index contributed by atoms with van der Waals surface area (Å²) in [4.78, 5) is 4.05. The Bertz CT molecular complexity index is 560. The second kappa shape index (κ2) is 5.33. The highest BCUT2D eigenvalue weighted by Crippen LogP contribution is 2.30. The molecule has 0 radical (unpaired) electrons. The summed E-state index contributed by atoms with van der Waals surface area (Å²) < 4.78 is 19.1. The van der Waals surface area contributed by atoms with E-state index in [1.54, 1.807) is 31.3 Å². The van der Waals surface area contributed by atoms with Crippen LogP contribution in [0.25, 0.3) is 0 Å². The largest absolute Gasteiger partial charge is 0.436 e. The number of rotatable bonds is 3. The van der Waals surface area contributed by atoms with E-state index >= 15 is 0 Å². The highest BCUT2D eigenvalue weighted by molar-refractivity contribution is 6.30. The lowest BCUT2D eigenvalue weighted by Gasteiger charge is -2.12. The van der Waals surface area contributed by atoms with Gasteiger partial charge in [0.05, 0.1) is 5.02 Å². The van der Waals surface area contributed by atoms with Crippen LogP contribution in [0.1, 0.15) is 18.5 Å². The molecule has 5 heteroatoms. The SMILES string of the molecule is CC(N)c1cccnc1Oc1cccc(Cl)c1F. The van der Waals surface area contributed by atoms with Crippen LogP contribution in [0.2, 0.25) is 5.02 Å². The molecule has 0 saturated heterocycles. The van der Waals surface area contributed by atoms with Crippen molar-refractivity contribution in [3.63, 3.8) is 0 Å². The lowest BCUT2D eigenvalue weighted by molar-refractivity contribution is 0.420. The van der Waals surface area contributed by atoms with Gasteiger partial charge in [0.2, 0.25) is 5.88 Å². The van der Waals surface area contributed by atoms with E-state index in [2.05, 4.69) is 4.98 Å². The Labute approximate surface area is 109 Å². The van der Waals surface area contributed by atoms with Gasteiger partial charge in [-0.3, -0.25) is 0 Å². The van der Waals surface area contributed by atoms with E-state index in [1.165, 1.54) is 12.1 Å². The van der Waals surface area contributed by atoms with Crippen molar-refractivity contribution in [2.75, 3.05) is 0 Å². The molecule has 0 aliphatic carbocycles. The van der Waals surface area contributed by atoms with E-state index in [9.17, 15) is 4.39 Å². The first-order valence-electron chi connectivity index (χ1n) is 5.42. The van der Waals surface area contributed by atoms with Crippen LogP contribution in [0.15, 0.2) is 36.5 Å². The van der Waals surface area contributed by atoms with Gasteiger partial charge in [-0.2, -0.15) is 0 Å². The number of pyridine rings is 1. The van der Waals surface area contributed by atoms with Crippen molar-refractivity contribution >= 4 is 11.6 Å². The molecule has 1 atom stereocenters. The second-order valence-corrected chi connectivity index (χ2v) is 4.25. The smallest absolute Gasteiger partial charge is 0.224 e. The monoisotopic (exact) mass is 266 g/mol. The van der Waals surface area contributed by atoms with E-state index < -0.39 is 5.82 Å². The average Bonchev–Trinajstić information content (AvgIpc) is 2.35. The first kappa shape index (κ1) is 12.8. The van der Waals surface area contributed by atoms with Crippen LogP contribution < -0.4 is 10.5 Å². The lowest BCUT2D eigenvalue weighted by atomic mass is 10.1. The Morgan fingerprint density at radius 2 is 2.11 bits per heavy atom. The summed E-state index contributed by atoms with van der Waals surface area (Å²) in [5.41, 5.74) is 6.50. The molecule has 0 aliphatic rings. The van der Waals surface area contributed by atoms with E-state index in [0.29, 0.717) is 5.56 Å². The number of nitrogens with two attached hydrogens (primary N) is 1. The van der Waals surface area contributed by atoms with Gasteiger partial charge in [0.1, 0.15) is 0 Å². The summed E-state index contributed by atoms with van der Waals surface area (Å²) in [6.45, 7) is 1.80. The van der Waals surface area contributed by atoms with Gasteiger partial charge in [0, 0.05) is 17.8 Å². The van der Waals surface area contributed by atoms with Gasteiger partial charge in [-0.05, 0) is 25.1 Å². The average molecular weight is 267 g/mol. The summed E-state index contributed by atoms with van der Waals surface area (Å²) in [6, 6.07) is 7.83. The summed E-state index contributed by atoms with van der Waals surface area (Å²) in [5, 5.41) is 0.00535. The minimum atomic E-state index is -0.611. The van der Waals surface area contributed by atoms with Crippen LogP contribution in [0.5, 0.6) is 11.6 Å². The maximum Gasteiger partial charge on any atom is 0.224 e. The predicted octanol–water partition coefficient (Wildman–Crippen LogP) is 3.69. The Balaban J connectivity index is 2.37. The molecule has 2 aromatic rings. The predicted molar refractivity (Wildman–Crippen MR) is 68.3 cm³/mol. The maximum atomic E-state index is 13.7. The fourth-order valence-electron chi connectivity index (χ4n) is 1.50. The van der Waals surface area contributed by atoms with Crippen molar-refractivity contribution in [3.8, 4) is 11.6 Å². The normalized spacial score (nSPS) is 12.2. The summed E-state index contributed by atoms with van der Waals surface area (Å²) in [6.07, 6.45) is 1.56. The molecular formula is C13H12ClFN2O.